The molecule has 5 aromatic rings. The molecule has 0 aliphatic carbocycles. The molecule has 0 aliphatic heterocycles. The molecule has 49 heavy (non-hydrogen) atoms. The van der Waals surface area contributed by atoms with Gasteiger partial charge in [0.05, 0.1) is 9.92 Å². The fourth-order valence-electron chi connectivity index (χ4n) is 5.08. The van der Waals surface area contributed by atoms with Crippen molar-refractivity contribution in [2.24, 2.45) is 0 Å². The van der Waals surface area contributed by atoms with E-state index in [0.29, 0.717) is 22.3 Å². The summed E-state index contributed by atoms with van der Waals surface area (Å²) in [5, 5.41) is 10.5. The SMILES string of the molecule is Cc1ccc(S(=O)(=O)N(Cc2ccc(F)cc2)Cc2cc(Cl)cc(CN(Cc3ccc(F)cc3)S(=O)(=O)c3cc(Cl)cc(Cl)c3O)c2)cc1. The van der Waals surface area contributed by atoms with Crippen LogP contribution in [0.5, 0.6) is 5.75 Å². The molecule has 256 valence electrons. The lowest BCUT2D eigenvalue weighted by Crippen LogP contribution is -2.31. The highest BCUT2D eigenvalue weighted by Gasteiger charge is 2.30. The van der Waals surface area contributed by atoms with Gasteiger partial charge >= 0.3 is 0 Å². The first kappa shape index (κ1) is 36.7. The first-order chi connectivity index (χ1) is 23.1. The molecule has 0 amide bonds. The third kappa shape index (κ3) is 8.98. The van der Waals surface area contributed by atoms with Crippen LogP contribution in [0, 0.1) is 18.6 Å². The number of aryl methyl sites for hydroxylation is 1. The predicted octanol–water partition coefficient (Wildman–Crippen LogP) is 8.72. The molecule has 0 radical (unpaired) electrons. The topological polar surface area (TPSA) is 95.0 Å². The molecule has 1 N–H and O–H groups in total. The van der Waals surface area contributed by atoms with Gasteiger partial charge in [0, 0.05) is 36.2 Å². The zero-order chi connectivity index (χ0) is 35.5. The third-order valence-corrected chi connectivity index (χ3v) is 11.9. The Kier molecular flexibility index (Phi) is 11.3. The van der Waals surface area contributed by atoms with Crippen molar-refractivity contribution >= 4 is 54.8 Å². The molecular formula is C35H29Cl3F2N2O5S2. The Morgan fingerprint density at radius 2 is 1.00 bits per heavy atom. The highest BCUT2D eigenvalue weighted by molar-refractivity contribution is 7.89. The summed E-state index contributed by atoms with van der Waals surface area (Å²) in [6.45, 7) is 1.03. The van der Waals surface area contributed by atoms with Gasteiger partial charge in [-0.2, -0.15) is 8.61 Å². The van der Waals surface area contributed by atoms with Crippen molar-refractivity contribution < 1.29 is 30.7 Å². The van der Waals surface area contributed by atoms with E-state index in [9.17, 15) is 30.7 Å². The zero-order valence-corrected chi connectivity index (χ0v) is 29.7. The van der Waals surface area contributed by atoms with Crippen molar-refractivity contribution in [1.29, 1.82) is 0 Å². The molecule has 0 atom stereocenters. The number of halogens is 5. The molecule has 0 spiro atoms. The van der Waals surface area contributed by atoms with Gasteiger partial charge in [-0.3, -0.25) is 0 Å². The minimum absolute atomic E-state index is 0.0239. The van der Waals surface area contributed by atoms with Crippen LogP contribution >= 0.6 is 34.8 Å². The number of aromatic hydroxyl groups is 1. The molecule has 14 heteroatoms. The molecular weight excluding hydrogens is 737 g/mol. The van der Waals surface area contributed by atoms with E-state index in [0.717, 1.165) is 15.9 Å². The number of benzene rings is 5. The minimum atomic E-state index is -4.50. The minimum Gasteiger partial charge on any atom is -0.505 e. The van der Waals surface area contributed by atoms with Gasteiger partial charge in [0.2, 0.25) is 20.0 Å². The molecule has 0 fully saturated rings. The average Bonchev–Trinajstić information content (AvgIpc) is 3.04. The van der Waals surface area contributed by atoms with Crippen LogP contribution in [0.2, 0.25) is 15.1 Å². The molecule has 5 aromatic carbocycles. The van der Waals surface area contributed by atoms with Gasteiger partial charge in [-0.25, -0.2) is 25.6 Å². The highest BCUT2D eigenvalue weighted by Crippen LogP contribution is 2.37. The van der Waals surface area contributed by atoms with Crippen LogP contribution in [0.1, 0.15) is 27.8 Å². The number of phenolic OH excluding ortho intramolecular Hbond substituents is 1. The molecule has 0 saturated carbocycles. The zero-order valence-electron chi connectivity index (χ0n) is 25.8. The summed E-state index contributed by atoms with van der Waals surface area (Å²) in [5.74, 6) is -1.67. The Balaban J connectivity index is 1.54. The smallest absolute Gasteiger partial charge is 0.247 e. The summed E-state index contributed by atoms with van der Waals surface area (Å²) in [7, 11) is -8.58. The van der Waals surface area contributed by atoms with Crippen molar-refractivity contribution in [2.75, 3.05) is 0 Å². The van der Waals surface area contributed by atoms with Crippen LogP contribution < -0.4 is 0 Å². The second-order valence-corrected chi connectivity index (χ2v) is 16.4. The van der Waals surface area contributed by atoms with E-state index in [1.165, 1.54) is 77.1 Å². The summed E-state index contributed by atoms with van der Waals surface area (Å²) in [6, 6.07) is 24.0. The fraction of sp³-hybridized carbons (Fsp3) is 0.143. The Morgan fingerprint density at radius 3 is 1.49 bits per heavy atom. The molecule has 0 heterocycles. The Morgan fingerprint density at radius 1 is 0.571 bits per heavy atom. The summed E-state index contributed by atoms with van der Waals surface area (Å²) in [4.78, 5) is -0.483. The predicted molar refractivity (Wildman–Crippen MR) is 186 cm³/mol. The molecule has 5 rings (SSSR count). The van der Waals surface area contributed by atoms with E-state index >= 15 is 0 Å². The average molecular weight is 766 g/mol. The highest BCUT2D eigenvalue weighted by atomic mass is 35.5. The normalized spacial score (nSPS) is 12.2. The largest absolute Gasteiger partial charge is 0.505 e. The molecule has 0 bridgehead atoms. The lowest BCUT2D eigenvalue weighted by atomic mass is 10.1. The van der Waals surface area contributed by atoms with E-state index in [-0.39, 0.29) is 46.1 Å². The molecule has 7 nitrogen and oxygen atoms in total. The third-order valence-electron chi connectivity index (χ3n) is 7.55. The quantitative estimate of drug-likeness (QED) is 0.137. The van der Waals surface area contributed by atoms with Crippen LogP contribution in [0.25, 0.3) is 0 Å². The van der Waals surface area contributed by atoms with E-state index in [1.807, 2.05) is 6.92 Å². The summed E-state index contributed by atoms with van der Waals surface area (Å²) >= 11 is 18.7. The van der Waals surface area contributed by atoms with E-state index < -0.39 is 42.3 Å². The molecule has 0 aromatic heterocycles. The Hall–Kier alpha value is -3.55. The van der Waals surface area contributed by atoms with E-state index in [1.54, 1.807) is 24.3 Å². The number of nitrogens with zero attached hydrogens (tertiary/aromatic N) is 2. The van der Waals surface area contributed by atoms with Gasteiger partial charge in [0.1, 0.15) is 16.5 Å². The lowest BCUT2D eigenvalue weighted by Gasteiger charge is -2.25. The summed E-state index contributed by atoms with van der Waals surface area (Å²) in [5.41, 5.74) is 2.67. The molecule has 0 saturated heterocycles. The van der Waals surface area contributed by atoms with Crippen LogP contribution in [-0.2, 0) is 46.2 Å². The maximum absolute atomic E-state index is 14.0. The molecule has 0 unspecified atom stereocenters. The fourth-order valence-corrected chi connectivity index (χ4v) is 8.94. The van der Waals surface area contributed by atoms with Crippen molar-refractivity contribution in [3.05, 3.63) is 158 Å². The van der Waals surface area contributed by atoms with Crippen LogP contribution in [0.3, 0.4) is 0 Å². The number of hydrogen-bond acceptors (Lipinski definition) is 5. The van der Waals surface area contributed by atoms with Crippen LogP contribution in [0.15, 0.2) is 113 Å². The van der Waals surface area contributed by atoms with Crippen LogP contribution in [-0.4, -0.2) is 30.6 Å². The number of rotatable bonds is 12. The van der Waals surface area contributed by atoms with Gasteiger partial charge < -0.3 is 5.11 Å². The van der Waals surface area contributed by atoms with E-state index in [2.05, 4.69) is 0 Å². The van der Waals surface area contributed by atoms with Gasteiger partial charge in [0.25, 0.3) is 0 Å². The van der Waals surface area contributed by atoms with Gasteiger partial charge in [-0.15, -0.1) is 0 Å². The summed E-state index contributed by atoms with van der Waals surface area (Å²) < 4.78 is 85.6. The molecule has 0 aliphatic rings. The summed E-state index contributed by atoms with van der Waals surface area (Å²) in [6.07, 6.45) is 0. The van der Waals surface area contributed by atoms with Gasteiger partial charge in [0.15, 0.2) is 5.75 Å². The second kappa shape index (κ2) is 15.1. The standard InChI is InChI=1S/C35H29Cl3F2N2O5S2/c1-23-2-12-32(13-3-23)48(44,45)41(19-24-4-8-30(39)9-5-24)21-26-14-27(16-28(36)15-26)22-42(20-25-6-10-31(40)11-7-25)49(46,47)34-18-29(37)17-33(38)35(34)43/h2-18,43H,19-22H2,1H3. The number of sulfonamides is 2. The Labute approximate surface area is 299 Å². The monoisotopic (exact) mass is 764 g/mol. The van der Waals surface area contributed by atoms with Gasteiger partial charge in [-0.05, 0) is 89.8 Å². The second-order valence-electron chi connectivity index (χ2n) is 11.3. The van der Waals surface area contributed by atoms with Crippen molar-refractivity contribution in [3.8, 4) is 5.75 Å². The van der Waals surface area contributed by atoms with Crippen molar-refractivity contribution in [3.63, 3.8) is 0 Å². The lowest BCUT2D eigenvalue weighted by molar-refractivity contribution is 0.392. The Bertz CT molecular complexity index is 2190. The van der Waals surface area contributed by atoms with E-state index in [4.69, 9.17) is 34.8 Å². The van der Waals surface area contributed by atoms with Crippen LogP contribution in [0.4, 0.5) is 8.78 Å². The first-order valence-corrected chi connectivity index (χ1v) is 18.7. The maximum Gasteiger partial charge on any atom is 0.247 e. The van der Waals surface area contributed by atoms with Gasteiger partial charge in [-0.1, -0.05) is 82.8 Å². The first-order valence-electron chi connectivity index (χ1n) is 14.6. The van der Waals surface area contributed by atoms with Crippen molar-refractivity contribution in [2.45, 2.75) is 42.9 Å². The van der Waals surface area contributed by atoms with Crippen molar-refractivity contribution in [1.82, 2.24) is 8.61 Å². The maximum atomic E-state index is 14.0. The number of phenols is 1. The number of hydrogen-bond donors (Lipinski definition) is 1.